The van der Waals surface area contributed by atoms with Gasteiger partial charge in [-0.05, 0) is 56.7 Å². The van der Waals surface area contributed by atoms with Crippen LogP contribution in [0.25, 0.3) is 0 Å². The molecule has 0 spiro atoms. The van der Waals surface area contributed by atoms with Crippen LogP contribution in [0.1, 0.15) is 36.7 Å². The van der Waals surface area contributed by atoms with Crippen molar-refractivity contribution in [1.82, 2.24) is 4.72 Å². The van der Waals surface area contributed by atoms with E-state index in [1.807, 2.05) is 0 Å². The van der Waals surface area contributed by atoms with Gasteiger partial charge in [-0.15, -0.1) is 0 Å². The van der Waals surface area contributed by atoms with Gasteiger partial charge in [-0.2, -0.15) is 0 Å². The smallest absolute Gasteiger partial charge is 0.255 e. The quantitative estimate of drug-likeness (QED) is 0.700. The van der Waals surface area contributed by atoms with Gasteiger partial charge in [-0.3, -0.25) is 9.59 Å². The highest BCUT2D eigenvalue weighted by atomic mass is 32.2. The maximum Gasteiger partial charge on any atom is 0.255 e. The third-order valence-electron chi connectivity index (χ3n) is 3.50. The van der Waals surface area contributed by atoms with Gasteiger partial charge in [0.15, 0.2) is 0 Å². The Hall–Kier alpha value is -2.71. The number of hydrogen-bond donors (Lipinski definition) is 3. The van der Waals surface area contributed by atoms with Crippen LogP contribution < -0.4 is 15.8 Å². The molecule has 2 aromatic carbocycles. The fourth-order valence-electron chi connectivity index (χ4n) is 2.43. The Balaban J connectivity index is 2.19. The fourth-order valence-corrected chi connectivity index (χ4v) is 3.84. The first kappa shape index (κ1) is 20.6. The number of primary amides is 1. The molecule has 2 rings (SSSR count). The van der Waals surface area contributed by atoms with Crippen molar-refractivity contribution in [3.05, 3.63) is 59.7 Å². The Morgan fingerprint density at radius 2 is 1.59 bits per heavy atom. The molecule has 0 aromatic heterocycles. The highest BCUT2D eigenvalue weighted by molar-refractivity contribution is 7.89. The topological polar surface area (TPSA) is 118 Å². The van der Waals surface area contributed by atoms with Crippen LogP contribution in [0.4, 0.5) is 5.69 Å². The lowest BCUT2D eigenvalue weighted by molar-refractivity contribution is -0.117. The van der Waals surface area contributed by atoms with Crippen molar-refractivity contribution in [1.29, 1.82) is 0 Å². The van der Waals surface area contributed by atoms with Crippen LogP contribution in [0.15, 0.2) is 53.4 Å². The number of sulfonamides is 1. The maximum atomic E-state index is 12.4. The summed E-state index contributed by atoms with van der Waals surface area (Å²) in [5.41, 5.74) is 5.98. The molecule has 0 bridgehead atoms. The van der Waals surface area contributed by atoms with Gasteiger partial charge in [-0.1, -0.05) is 18.2 Å². The zero-order valence-corrected chi connectivity index (χ0v) is 16.3. The lowest BCUT2D eigenvalue weighted by atomic mass is 10.1. The van der Waals surface area contributed by atoms with Gasteiger partial charge in [0.1, 0.15) is 0 Å². The molecule has 2 amide bonds. The molecule has 27 heavy (non-hydrogen) atoms. The normalized spacial score (nSPS) is 11.8. The molecule has 0 atom stereocenters. The van der Waals surface area contributed by atoms with Crippen molar-refractivity contribution in [2.75, 3.05) is 5.32 Å². The number of nitrogens with one attached hydrogen (secondary N) is 2. The third kappa shape index (κ3) is 5.90. The molecule has 0 aliphatic rings. The molecule has 2 aromatic rings. The van der Waals surface area contributed by atoms with E-state index in [1.54, 1.807) is 45.0 Å². The molecule has 4 N–H and O–H groups in total. The second-order valence-corrected chi connectivity index (χ2v) is 8.82. The van der Waals surface area contributed by atoms with Gasteiger partial charge in [-0.25, -0.2) is 13.1 Å². The predicted octanol–water partition coefficient (Wildman–Crippen LogP) is 2.04. The van der Waals surface area contributed by atoms with Gasteiger partial charge < -0.3 is 11.1 Å². The Morgan fingerprint density at radius 1 is 1.00 bits per heavy atom. The van der Waals surface area contributed by atoms with Crippen molar-refractivity contribution < 1.29 is 18.0 Å². The molecule has 144 valence electrons. The first-order chi connectivity index (χ1) is 12.5. The number of benzene rings is 2. The summed E-state index contributed by atoms with van der Waals surface area (Å²) in [6.07, 6.45) is 0.00606. The maximum absolute atomic E-state index is 12.4. The molecule has 0 heterocycles. The Bertz CT molecular complexity index is 946. The van der Waals surface area contributed by atoms with E-state index in [2.05, 4.69) is 10.0 Å². The number of rotatable bonds is 6. The minimum absolute atomic E-state index is 0.00606. The number of anilines is 1. The molecule has 0 aliphatic carbocycles. The van der Waals surface area contributed by atoms with Gasteiger partial charge in [0.05, 0.1) is 11.3 Å². The van der Waals surface area contributed by atoms with Gasteiger partial charge in [0.25, 0.3) is 5.91 Å². The highest BCUT2D eigenvalue weighted by Crippen LogP contribution is 2.18. The largest absolute Gasteiger partial charge is 0.369 e. The third-order valence-corrected chi connectivity index (χ3v) is 5.27. The summed E-state index contributed by atoms with van der Waals surface area (Å²) >= 11 is 0. The molecule has 0 saturated heterocycles. The average Bonchev–Trinajstić information content (AvgIpc) is 2.54. The van der Waals surface area contributed by atoms with Crippen LogP contribution in [0.2, 0.25) is 0 Å². The molecular formula is C19H23N3O4S. The second-order valence-electron chi connectivity index (χ2n) is 7.13. The Labute approximate surface area is 159 Å². The number of carbonyl (C=O) groups excluding carboxylic acids is 2. The number of carbonyl (C=O) groups is 2. The van der Waals surface area contributed by atoms with Crippen LogP contribution in [0.5, 0.6) is 0 Å². The summed E-state index contributed by atoms with van der Waals surface area (Å²) in [6, 6.07) is 12.5. The van der Waals surface area contributed by atoms with Crippen molar-refractivity contribution in [2.45, 2.75) is 37.6 Å². The SMILES string of the molecule is CC(C)(C)NS(=O)(=O)c1ccc(C(=O)Nc2ccccc2CC(N)=O)cc1. The molecular weight excluding hydrogens is 366 g/mol. The first-order valence-electron chi connectivity index (χ1n) is 8.29. The molecule has 0 radical (unpaired) electrons. The van der Waals surface area contributed by atoms with Crippen LogP contribution in [-0.4, -0.2) is 25.8 Å². The van der Waals surface area contributed by atoms with Crippen LogP contribution in [-0.2, 0) is 21.2 Å². The molecule has 0 unspecified atom stereocenters. The molecule has 7 nitrogen and oxygen atoms in total. The summed E-state index contributed by atoms with van der Waals surface area (Å²) in [5.74, 6) is -0.919. The fraction of sp³-hybridized carbons (Fsp3) is 0.263. The number of para-hydroxylation sites is 1. The summed E-state index contributed by atoms with van der Waals surface area (Å²) < 4.78 is 27.2. The summed E-state index contributed by atoms with van der Waals surface area (Å²) in [5, 5.41) is 2.72. The lowest BCUT2D eigenvalue weighted by Gasteiger charge is -2.20. The van der Waals surface area contributed by atoms with Crippen LogP contribution in [0.3, 0.4) is 0 Å². The van der Waals surface area contributed by atoms with E-state index in [0.29, 0.717) is 16.8 Å². The van der Waals surface area contributed by atoms with E-state index in [9.17, 15) is 18.0 Å². The van der Waals surface area contributed by atoms with Crippen LogP contribution in [0, 0.1) is 0 Å². The summed E-state index contributed by atoms with van der Waals surface area (Å²) in [7, 11) is -3.67. The van der Waals surface area contributed by atoms with E-state index < -0.39 is 27.4 Å². The van der Waals surface area contributed by atoms with Crippen molar-refractivity contribution >= 4 is 27.5 Å². The van der Waals surface area contributed by atoms with Gasteiger partial charge in [0, 0.05) is 16.8 Å². The highest BCUT2D eigenvalue weighted by Gasteiger charge is 2.22. The first-order valence-corrected chi connectivity index (χ1v) is 9.78. The van der Waals surface area contributed by atoms with Crippen LogP contribution >= 0.6 is 0 Å². The molecule has 0 aliphatic heterocycles. The Morgan fingerprint density at radius 3 is 2.15 bits per heavy atom. The lowest BCUT2D eigenvalue weighted by Crippen LogP contribution is -2.40. The average molecular weight is 389 g/mol. The van der Waals surface area contributed by atoms with E-state index in [0.717, 1.165) is 0 Å². The molecule has 0 saturated carbocycles. The van der Waals surface area contributed by atoms with E-state index in [-0.39, 0.29) is 11.3 Å². The van der Waals surface area contributed by atoms with E-state index in [4.69, 9.17) is 5.73 Å². The zero-order valence-electron chi connectivity index (χ0n) is 15.4. The van der Waals surface area contributed by atoms with Gasteiger partial charge in [0.2, 0.25) is 15.9 Å². The number of nitrogens with two attached hydrogens (primary N) is 1. The summed E-state index contributed by atoms with van der Waals surface area (Å²) in [6.45, 7) is 5.24. The van der Waals surface area contributed by atoms with E-state index >= 15 is 0 Å². The number of hydrogen-bond acceptors (Lipinski definition) is 4. The predicted molar refractivity (Wildman–Crippen MR) is 104 cm³/mol. The second kappa shape index (κ2) is 7.89. The molecule has 0 fully saturated rings. The van der Waals surface area contributed by atoms with Gasteiger partial charge >= 0.3 is 0 Å². The van der Waals surface area contributed by atoms with Crippen molar-refractivity contribution in [3.8, 4) is 0 Å². The van der Waals surface area contributed by atoms with E-state index in [1.165, 1.54) is 24.3 Å². The zero-order chi connectivity index (χ0) is 20.2. The summed E-state index contributed by atoms with van der Waals surface area (Å²) in [4.78, 5) is 23.7. The minimum Gasteiger partial charge on any atom is -0.369 e. The Kier molecular flexibility index (Phi) is 6.02. The van der Waals surface area contributed by atoms with Crippen molar-refractivity contribution in [3.63, 3.8) is 0 Å². The number of amides is 2. The molecule has 8 heteroatoms. The van der Waals surface area contributed by atoms with Crippen molar-refractivity contribution in [2.24, 2.45) is 5.73 Å². The monoisotopic (exact) mass is 389 g/mol. The minimum atomic E-state index is -3.67. The standard InChI is InChI=1S/C19H23N3O4S/c1-19(2,3)22-27(25,26)15-10-8-13(9-11-15)18(24)21-16-7-5-4-6-14(16)12-17(20)23/h4-11,22H,12H2,1-3H3,(H2,20,23)(H,21,24).